The predicted molar refractivity (Wildman–Crippen MR) is 70.3 cm³/mol. The highest BCUT2D eigenvalue weighted by Gasteiger charge is 2.40. The molecule has 0 heterocycles. The largest absolute Gasteiger partial charge is 0.490 e. The highest BCUT2D eigenvalue weighted by Crippen LogP contribution is 2.31. The third-order valence-electron chi connectivity index (χ3n) is 3.75. The van der Waals surface area contributed by atoms with Crippen LogP contribution >= 0.6 is 0 Å². The molecule has 0 aromatic heterocycles. The number of hydrogen-bond acceptors (Lipinski definition) is 3. The number of hydrogen-bond donors (Lipinski definition) is 2. The van der Waals surface area contributed by atoms with Crippen molar-refractivity contribution in [1.82, 2.24) is 5.32 Å². The second kappa shape index (κ2) is 5.57. The number of carbonyl (C=O) groups excluding carboxylic acids is 1. The molecule has 0 aliphatic heterocycles. The van der Waals surface area contributed by atoms with E-state index in [0.717, 1.165) is 12.8 Å². The second-order valence-electron chi connectivity index (χ2n) is 4.99. The van der Waals surface area contributed by atoms with E-state index in [-0.39, 0.29) is 17.8 Å². The van der Waals surface area contributed by atoms with Crippen molar-refractivity contribution in [1.29, 1.82) is 0 Å². The van der Waals surface area contributed by atoms with Gasteiger partial charge in [0.15, 0.2) is 0 Å². The van der Waals surface area contributed by atoms with E-state index < -0.39 is 5.54 Å². The van der Waals surface area contributed by atoms with Crippen molar-refractivity contribution in [2.45, 2.75) is 37.3 Å². The van der Waals surface area contributed by atoms with Crippen LogP contribution in [-0.2, 0) is 4.79 Å². The molecule has 0 spiro atoms. The van der Waals surface area contributed by atoms with Gasteiger partial charge in [-0.05, 0) is 38.4 Å². The third kappa shape index (κ3) is 3.04. The van der Waals surface area contributed by atoms with Gasteiger partial charge < -0.3 is 15.8 Å². The Morgan fingerprint density at radius 3 is 3.00 bits per heavy atom. The van der Waals surface area contributed by atoms with Crippen molar-refractivity contribution in [3.63, 3.8) is 0 Å². The number of nitrogens with two attached hydrogens (primary N) is 1. The van der Waals surface area contributed by atoms with Gasteiger partial charge in [-0.15, -0.1) is 0 Å². The van der Waals surface area contributed by atoms with Crippen LogP contribution < -0.4 is 15.8 Å². The zero-order valence-corrected chi connectivity index (χ0v) is 11.0. The standard InChI is InChI=1S/C14H19FN2O2/c1-17-14(13(16)18)7-3-6-12(9-14)19-11-5-2-4-10(15)8-11/h2,4-5,8,12,17H,3,6-7,9H2,1H3,(H2,16,18). The number of halogens is 1. The molecule has 1 fully saturated rings. The molecule has 5 heteroatoms. The van der Waals surface area contributed by atoms with Crippen LogP contribution in [0.3, 0.4) is 0 Å². The highest BCUT2D eigenvalue weighted by atomic mass is 19.1. The Bertz CT molecular complexity index is 467. The molecule has 1 aromatic carbocycles. The number of carbonyl (C=O) groups is 1. The molecule has 1 aromatic rings. The maximum atomic E-state index is 13.1. The van der Waals surface area contributed by atoms with Crippen molar-refractivity contribution in [3.8, 4) is 5.75 Å². The summed E-state index contributed by atoms with van der Waals surface area (Å²) in [5, 5.41) is 3.02. The average Bonchev–Trinajstić information content (AvgIpc) is 2.38. The van der Waals surface area contributed by atoms with Gasteiger partial charge in [-0.3, -0.25) is 4.79 Å². The van der Waals surface area contributed by atoms with Crippen molar-refractivity contribution < 1.29 is 13.9 Å². The summed E-state index contributed by atoms with van der Waals surface area (Å²) in [7, 11) is 1.73. The Labute approximate surface area is 112 Å². The lowest BCUT2D eigenvalue weighted by atomic mass is 9.79. The van der Waals surface area contributed by atoms with E-state index in [1.54, 1.807) is 19.2 Å². The summed E-state index contributed by atoms with van der Waals surface area (Å²) in [4.78, 5) is 11.6. The van der Waals surface area contributed by atoms with Gasteiger partial charge in [0, 0.05) is 12.5 Å². The summed E-state index contributed by atoms with van der Waals surface area (Å²) < 4.78 is 18.9. The zero-order valence-electron chi connectivity index (χ0n) is 11.0. The zero-order chi connectivity index (χ0) is 13.9. The summed E-state index contributed by atoms with van der Waals surface area (Å²) in [6, 6.07) is 6.03. The summed E-state index contributed by atoms with van der Waals surface area (Å²) in [5.41, 5.74) is 4.76. The molecule has 4 nitrogen and oxygen atoms in total. The number of nitrogens with one attached hydrogen (secondary N) is 1. The minimum Gasteiger partial charge on any atom is -0.490 e. The van der Waals surface area contributed by atoms with E-state index in [1.807, 2.05) is 0 Å². The van der Waals surface area contributed by atoms with Crippen LogP contribution in [0.1, 0.15) is 25.7 Å². The fourth-order valence-electron chi connectivity index (χ4n) is 2.63. The quantitative estimate of drug-likeness (QED) is 0.870. The number of amides is 1. The molecule has 2 rings (SSSR count). The maximum Gasteiger partial charge on any atom is 0.237 e. The molecule has 0 bridgehead atoms. The smallest absolute Gasteiger partial charge is 0.237 e. The Morgan fingerprint density at radius 2 is 2.37 bits per heavy atom. The lowest BCUT2D eigenvalue weighted by Gasteiger charge is -2.38. The lowest BCUT2D eigenvalue weighted by molar-refractivity contribution is -0.126. The van der Waals surface area contributed by atoms with Crippen LogP contribution in [-0.4, -0.2) is 24.6 Å². The summed E-state index contributed by atoms with van der Waals surface area (Å²) in [6.45, 7) is 0. The van der Waals surface area contributed by atoms with Gasteiger partial charge >= 0.3 is 0 Å². The first-order chi connectivity index (χ1) is 9.05. The summed E-state index contributed by atoms with van der Waals surface area (Å²) >= 11 is 0. The second-order valence-corrected chi connectivity index (χ2v) is 4.99. The van der Waals surface area contributed by atoms with E-state index in [1.165, 1.54) is 12.1 Å². The number of likely N-dealkylation sites (N-methyl/N-ethyl adjacent to an activating group) is 1. The molecule has 1 aliphatic rings. The molecule has 1 aliphatic carbocycles. The Kier molecular flexibility index (Phi) is 4.04. The minimum atomic E-state index is -0.712. The predicted octanol–water partition coefficient (Wildman–Crippen LogP) is 1.59. The molecule has 1 amide bonds. The third-order valence-corrected chi connectivity index (χ3v) is 3.75. The van der Waals surface area contributed by atoms with Crippen molar-refractivity contribution in [2.24, 2.45) is 5.73 Å². The topological polar surface area (TPSA) is 64.3 Å². The maximum absolute atomic E-state index is 13.1. The van der Waals surface area contributed by atoms with E-state index in [4.69, 9.17) is 10.5 Å². The van der Waals surface area contributed by atoms with Gasteiger partial charge in [-0.2, -0.15) is 0 Å². The molecule has 2 unspecified atom stereocenters. The first-order valence-corrected chi connectivity index (χ1v) is 6.47. The van der Waals surface area contributed by atoms with E-state index >= 15 is 0 Å². The molecular weight excluding hydrogens is 247 g/mol. The lowest BCUT2D eigenvalue weighted by Crippen LogP contribution is -2.58. The van der Waals surface area contributed by atoms with Crippen LogP contribution in [0.2, 0.25) is 0 Å². The van der Waals surface area contributed by atoms with Crippen LogP contribution in [0, 0.1) is 5.82 Å². The van der Waals surface area contributed by atoms with Crippen LogP contribution in [0.25, 0.3) is 0 Å². The number of ether oxygens (including phenoxy) is 1. The van der Waals surface area contributed by atoms with Crippen LogP contribution in [0.5, 0.6) is 5.75 Å². The van der Waals surface area contributed by atoms with E-state index in [0.29, 0.717) is 18.6 Å². The number of rotatable bonds is 4. The Balaban J connectivity index is 2.07. The van der Waals surface area contributed by atoms with Crippen molar-refractivity contribution in [2.75, 3.05) is 7.05 Å². The summed E-state index contributed by atoms with van der Waals surface area (Å²) in [5.74, 6) is -0.202. The fraction of sp³-hybridized carbons (Fsp3) is 0.500. The van der Waals surface area contributed by atoms with Gasteiger partial charge in [0.05, 0.1) is 0 Å². The van der Waals surface area contributed by atoms with Gasteiger partial charge in [-0.25, -0.2) is 4.39 Å². The molecule has 2 atom stereocenters. The molecule has 104 valence electrons. The van der Waals surface area contributed by atoms with E-state index in [2.05, 4.69) is 5.32 Å². The fourth-order valence-corrected chi connectivity index (χ4v) is 2.63. The van der Waals surface area contributed by atoms with Crippen LogP contribution in [0.4, 0.5) is 4.39 Å². The number of benzene rings is 1. The minimum absolute atomic E-state index is 0.129. The molecule has 3 N–H and O–H groups in total. The average molecular weight is 266 g/mol. The van der Waals surface area contributed by atoms with Gasteiger partial charge in [0.1, 0.15) is 23.2 Å². The first-order valence-electron chi connectivity index (χ1n) is 6.47. The van der Waals surface area contributed by atoms with Crippen LogP contribution in [0.15, 0.2) is 24.3 Å². The Hall–Kier alpha value is -1.62. The molecule has 0 saturated heterocycles. The van der Waals surface area contributed by atoms with Gasteiger partial charge in [0.2, 0.25) is 5.91 Å². The summed E-state index contributed by atoms with van der Waals surface area (Å²) in [6.07, 6.45) is 2.78. The van der Waals surface area contributed by atoms with Gasteiger partial charge in [-0.1, -0.05) is 6.07 Å². The first kappa shape index (κ1) is 13.8. The molecule has 1 saturated carbocycles. The normalized spacial score (nSPS) is 26.9. The molecule has 0 radical (unpaired) electrons. The molecule has 19 heavy (non-hydrogen) atoms. The van der Waals surface area contributed by atoms with Gasteiger partial charge in [0.25, 0.3) is 0 Å². The number of primary amides is 1. The monoisotopic (exact) mass is 266 g/mol. The molecular formula is C14H19FN2O2. The van der Waals surface area contributed by atoms with Crippen molar-refractivity contribution >= 4 is 5.91 Å². The van der Waals surface area contributed by atoms with E-state index in [9.17, 15) is 9.18 Å². The Morgan fingerprint density at radius 1 is 1.58 bits per heavy atom. The highest BCUT2D eigenvalue weighted by molar-refractivity contribution is 5.84. The van der Waals surface area contributed by atoms with Crippen molar-refractivity contribution in [3.05, 3.63) is 30.1 Å². The SMILES string of the molecule is CNC1(C(N)=O)CCCC(Oc2cccc(F)c2)C1.